The summed E-state index contributed by atoms with van der Waals surface area (Å²) >= 11 is 0. The number of likely N-dealkylation sites (tertiary alicyclic amines) is 1. The molecule has 2 aromatic rings. The van der Waals surface area contributed by atoms with Crippen LogP contribution in [0.25, 0.3) is 10.9 Å². The van der Waals surface area contributed by atoms with Crippen molar-refractivity contribution >= 4 is 16.8 Å². The molecule has 0 saturated carbocycles. The Morgan fingerprint density at radius 3 is 3.00 bits per heavy atom. The number of carbonyl (C=O) groups is 1. The molecule has 5 heteroatoms. The van der Waals surface area contributed by atoms with Gasteiger partial charge in [0, 0.05) is 30.6 Å². The van der Waals surface area contributed by atoms with Crippen molar-refractivity contribution in [3.63, 3.8) is 0 Å². The number of pyridine rings is 1. The van der Waals surface area contributed by atoms with E-state index in [1.54, 1.807) is 0 Å². The van der Waals surface area contributed by atoms with E-state index in [-0.39, 0.29) is 11.5 Å². The maximum atomic E-state index is 12.2. The average molecular weight is 370 g/mol. The van der Waals surface area contributed by atoms with Gasteiger partial charge in [-0.2, -0.15) is 0 Å². The quantitative estimate of drug-likeness (QED) is 0.738. The number of fused-ring (bicyclic) bond motifs is 1. The lowest BCUT2D eigenvalue weighted by Gasteiger charge is -2.30. The Morgan fingerprint density at radius 2 is 2.19 bits per heavy atom. The van der Waals surface area contributed by atoms with Crippen LogP contribution in [0.4, 0.5) is 0 Å². The van der Waals surface area contributed by atoms with Crippen LogP contribution in [0.2, 0.25) is 0 Å². The van der Waals surface area contributed by atoms with E-state index in [0.29, 0.717) is 24.9 Å². The summed E-state index contributed by atoms with van der Waals surface area (Å²) in [6, 6.07) is 7.90. The van der Waals surface area contributed by atoms with Crippen LogP contribution >= 0.6 is 0 Å². The minimum absolute atomic E-state index is 0.0189. The first-order chi connectivity index (χ1) is 13.0. The van der Waals surface area contributed by atoms with Crippen molar-refractivity contribution < 1.29 is 4.79 Å². The Balaban J connectivity index is 1.42. The molecule has 0 bridgehead atoms. The molecular weight excluding hydrogens is 338 g/mol. The summed E-state index contributed by atoms with van der Waals surface area (Å²) in [5.74, 6) is 0.808. The predicted molar refractivity (Wildman–Crippen MR) is 110 cm³/mol. The molecule has 1 aromatic heterocycles. The lowest BCUT2D eigenvalue weighted by atomic mass is 10.0. The fourth-order valence-electron chi connectivity index (χ4n) is 3.90. The summed E-state index contributed by atoms with van der Waals surface area (Å²) in [7, 11) is 0. The summed E-state index contributed by atoms with van der Waals surface area (Å²) in [6.45, 7) is 8.43. The van der Waals surface area contributed by atoms with Crippen LogP contribution in [0.3, 0.4) is 0 Å². The van der Waals surface area contributed by atoms with Gasteiger partial charge in [-0.1, -0.05) is 19.1 Å². The summed E-state index contributed by atoms with van der Waals surface area (Å²) < 4.78 is 0. The van der Waals surface area contributed by atoms with Crippen molar-refractivity contribution in [3.05, 3.63) is 45.7 Å². The number of aromatic nitrogens is 1. The average Bonchev–Trinajstić information content (AvgIpc) is 2.63. The monoisotopic (exact) mass is 369 g/mol. The van der Waals surface area contributed by atoms with Crippen molar-refractivity contribution in [1.82, 2.24) is 15.2 Å². The van der Waals surface area contributed by atoms with Gasteiger partial charge in [0.25, 0.3) is 5.56 Å². The molecule has 0 spiro atoms. The number of nitrogens with zero attached hydrogens (tertiary/aromatic N) is 1. The first-order valence-corrected chi connectivity index (χ1v) is 10.1. The second-order valence-corrected chi connectivity index (χ2v) is 7.97. The highest BCUT2D eigenvalue weighted by atomic mass is 16.1. The normalized spacial score (nSPS) is 17.9. The fraction of sp³-hybridized carbons (Fsp3) is 0.545. The van der Waals surface area contributed by atoms with Gasteiger partial charge in [-0.15, -0.1) is 0 Å². The first-order valence-electron chi connectivity index (χ1n) is 10.1. The van der Waals surface area contributed by atoms with Gasteiger partial charge < -0.3 is 15.2 Å². The summed E-state index contributed by atoms with van der Waals surface area (Å²) in [6.07, 6.45) is 4.42. The van der Waals surface area contributed by atoms with Gasteiger partial charge >= 0.3 is 0 Å². The van der Waals surface area contributed by atoms with Crippen LogP contribution in [-0.4, -0.2) is 42.0 Å². The summed E-state index contributed by atoms with van der Waals surface area (Å²) in [5, 5.41) is 4.00. The third-order valence-electron chi connectivity index (χ3n) is 5.41. The highest BCUT2D eigenvalue weighted by Crippen LogP contribution is 2.15. The molecule has 1 saturated heterocycles. The first kappa shape index (κ1) is 19.6. The second kappa shape index (κ2) is 9.18. The van der Waals surface area contributed by atoms with Crippen molar-refractivity contribution in [3.8, 4) is 0 Å². The zero-order chi connectivity index (χ0) is 19.2. The number of aromatic amines is 1. The van der Waals surface area contributed by atoms with E-state index >= 15 is 0 Å². The lowest BCUT2D eigenvalue weighted by molar-refractivity contribution is -0.121. The Kier molecular flexibility index (Phi) is 6.67. The van der Waals surface area contributed by atoms with Gasteiger partial charge in [-0.3, -0.25) is 9.59 Å². The topological polar surface area (TPSA) is 65.2 Å². The largest absolute Gasteiger partial charge is 0.356 e. The van der Waals surface area contributed by atoms with E-state index in [4.69, 9.17) is 0 Å². The molecule has 2 heterocycles. The molecule has 1 aromatic carbocycles. The van der Waals surface area contributed by atoms with Crippen molar-refractivity contribution in [2.45, 2.75) is 46.0 Å². The third kappa shape index (κ3) is 5.67. The Bertz CT molecular complexity index is 843. The molecule has 2 N–H and O–H groups in total. The van der Waals surface area contributed by atoms with Crippen molar-refractivity contribution in [2.75, 3.05) is 26.2 Å². The van der Waals surface area contributed by atoms with E-state index in [1.807, 2.05) is 31.2 Å². The van der Waals surface area contributed by atoms with Gasteiger partial charge in [0.2, 0.25) is 5.91 Å². The maximum absolute atomic E-state index is 12.2. The number of amides is 1. The third-order valence-corrected chi connectivity index (χ3v) is 5.41. The molecule has 0 radical (unpaired) electrons. The standard InChI is InChI=1S/C22H31N3O2/c1-16-6-7-18-14-19(22(27)24-20(18)13-16)8-9-21(26)23-10-4-12-25-11-3-5-17(2)15-25/h6-7,13-14,17H,3-5,8-12,15H2,1-2H3,(H,23,26)(H,24,27)/t17-/m1/s1. The van der Waals surface area contributed by atoms with Gasteiger partial charge in [-0.25, -0.2) is 0 Å². The number of H-pyrrole nitrogens is 1. The molecular formula is C22H31N3O2. The molecule has 27 heavy (non-hydrogen) atoms. The maximum Gasteiger partial charge on any atom is 0.251 e. The predicted octanol–water partition coefficient (Wildman–Crippen LogP) is 3.01. The SMILES string of the molecule is Cc1ccc2cc(CCC(=O)NCCCN3CCC[C@@H](C)C3)c(=O)[nH]c2c1. The summed E-state index contributed by atoms with van der Waals surface area (Å²) in [4.78, 5) is 29.7. The van der Waals surface area contributed by atoms with Crippen molar-refractivity contribution in [1.29, 1.82) is 0 Å². The van der Waals surface area contributed by atoms with E-state index < -0.39 is 0 Å². The molecule has 1 aliphatic heterocycles. The molecule has 146 valence electrons. The van der Waals surface area contributed by atoms with Crippen LogP contribution in [0.15, 0.2) is 29.1 Å². The zero-order valence-electron chi connectivity index (χ0n) is 16.5. The molecule has 1 atom stereocenters. The molecule has 1 fully saturated rings. The van der Waals surface area contributed by atoms with E-state index in [2.05, 4.69) is 22.1 Å². The minimum Gasteiger partial charge on any atom is -0.356 e. The van der Waals surface area contributed by atoms with Crippen molar-refractivity contribution in [2.24, 2.45) is 5.92 Å². The number of aryl methyl sites for hydroxylation is 2. The number of benzene rings is 1. The number of rotatable bonds is 7. The minimum atomic E-state index is -0.0971. The lowest BCUT2D eigenvalue weighted by Crippen LogP contribution is -2.36. The van der Waals surface area contributed by atoms with Gasteiger partial charge in [-0.05, 0) is 74.7 Å². The molecule has 0 aliphatic carbocycles. The Labute approximate surface area is 161 Å². The smallest absolute Gasteiger partial charge is 0.251 e. The highest BCUT2D eigenvalue weighted by molar-refractivity contribution is 5.80. The number of nitrogens with one attached hydrogen (secondary N) is 2. The van der Waals surface area contributed by atoms with Gasteiger partial charge in [0.05, 0.1) is 0 Å². The van der Waals surface area contributed by atoms with Crippen LogP contribution in [0.5, 0.6) is 0 Å². The van der Waals surface area contributed by atoms with E-state index in [9.17, 15) is 9.59 Å². The van der Waals surface area contributed by atoms with Crippen LogP contribution in [-0.2, 0) is 11.2 Å². The van der Waals surface area contributed by atoms with E-state index in [1.165, 1.54) is 25.9 Å². The van der Waals surface area contributed by atoms with Crippen LogP contribution in [0, 0.1) is 12.8 Å². The molecule has 5 nitrogen and oxygen atoms in total. The van der Waals surface area contributed by atoms with Gasteiger partial charge in [0.15, 0.2) is 0 Å². The van der Waals surface area contributed by atoms with Crippen LogP contribution in [0.1, 0.15) is 43.7 Å². The molecule has 1 aliphatic rings. The van der Waals surface area contributed by atoms with Crippen LogP contribution < -0.4 is 10.9 Å². The zero-order valence-corrected chi connectivity index (χ0v) is 16.5. The highest BCUT2D eigenvalue weighted by Gasteiger charge is 2.15. The number of piperidine rings is 1. The molecule has 1 amide bonds. The number of carbonyl (C=O) groups excluding carboxylic acids is 1. The number of hydrogen-bond donors (Lipinski definition) is 2. The Hall–Kier alpha value is -2.14. The molecule has 0 unspecified atom stereocenters. The summed E-state index contributed by atoms with van der Waals surface area (Å²) in [5.41, 5.74) is 2.54. The van der Waals surface area contributed by atoms with Gasteiger partial charge in [0.1, 0.15) is 0 Å². The number of hydrogen-bond acceptors (Lipinski definition) is 3. The fourth-order valence-corrected chi connectivity index (χ4v) is 3.90. The Morgan fingerprint density at radius 1 is 1.33 bits per heavy atom. The molecule has 3 rings (SSSR count). The van der Waals surface area contributed by atoms with E-state index in [0.717, 1.165) is 35.3 Å². The second-order valence-electron chi connectivity index (χ2n) is 7.97.